The van der Waals surface area contributed by atoms with E-state index in [-0.39, 0.29) is 16.8 Å². The Balaban J connectivity index is 1.24. The van der Waals surface area contributed by atoms with E-state index in [9.17, 15) is 14.3 Å². The molecular formula is C28H26FN5O4S. The zero-order chi connectivity index (χ0) is 27.4. The standard InChI is InChI=1S/C28H26FN5O4S/c1-28(14-31-27(39)32-21-4-2-3-19(13-21)25(35)36)15-37-26(38-16-28)24-33-22(17-5-7-20(29)8-6-17)23(34-24)18-9-11-30-12-10-18/h2-13,26H,14-16H2,1H3,(H,33,34)(H,35,36)(H2,31,32,39). The molecule has 39 heavy (non-hydrogen) atoms. The van der Waals surface area contributed by atoms with Gasteiger partial charge in [0.2, 0.25) is 6.29 Å². The Morgan fingerprint density at radius 2 is 1.85 bits per heavy atom. The molecule has 0 atom stereocenters. The summed E-state index contributed by atoms with van der Waals surface area (Å²) in [6, 6.07) is 16.3. The van der Waals surface area contributed by atoms with Gasteiger partial charge in [-0.1, -0.05) is 13.0 Å². The van der Waals surface area contributed by atoms with Crippen molar-refractivity contribution < 1.29 is 23.8 Å². The first-order valence-electron chi connectivity index (χ1n) is 12.2. The van der Waals surface area contributed by atoms with E-state index in [0.717, 1.165) is 16.8 Å². The van der Waals surface area contributed by atoms with Crippen LogP contribution in [-0.4, -0.2) is 50.9 Å². The van der Waals surface area contributed by atoms with Crippen molar-refractivity contribution in [3.05, 3.63) is 90.3 Å². The van der Waals surface area contributed by atoms with Gasteiger partial charge in [-0.3, -0.25) is 4.98 Å². The summed E-state index contributed by atoms with van der Waals surface area (Å²) in [5, 5.41) is 15.7. The molecule has 1 aliphatic rings. The first kappa shape index (κ1) is 26.4. The van der Waals surface area contributed by atoms with Crippen molar-refractivity contribution in [2.45, 2.75) is 13.2 Å². The zero-order valence-corrected chi connectivity index (χ0v) is 21.8. The van der Waals surface area contributed by atoms with Crippen LogP contribution in [0.4, 0.5) is 10.1 Å². The number of nitrogens with zero attached hydrogens (tertiary/aromatic N) is 2. The normalized spacial score (nSPS) is 18.9. The van der Waals surface area contributed by atoms with E-state index in [1.165, 1.54) is 24.3 Å². The molecular weight excluding hydrogens is 521 g/mol. The number of benzene rings is 2. The minimum Gasteiger partial charge on any atom is -0.478 e. The predicted octanol–water partition coefficient (Wildman–Crippen LogP) is 5.01. The monoisotopic (exact) mass is 547 g/mol. The maximum atomic E-state index is 13.5. The van der Waals surface area contributed by atoms with E-state index < -0.39 is 12.3 Å². The molecule has 9 nitrogen and oxygen atoms in total. The number of rotatable bonds is 7. The van der Waals surface area contributed by atoms with Gasteiger partial charge >= 0.3 is 5.97 Å². The van der Waals surface area contributed by atoms with E-state index in [4.69, 9.17) is 26.7 Å². The number of carboxylic acid groups (broad SMARTS) is 1. The van der Waals surface area contributed by atoms with E-state index in [1.54, 1.807) is 36.7 Å². The Kier molecular flexibility index (Phi) is 7.64. The van der Waals surface area contributed by atoms with Crippen LogP contribution in [0.15, 0.2) is 73.1 Å². The Morgan fingerprint density at radius 1 is 1.13 bits per heavy atom. The minimum atomic E-state index is -1.01. The summed E-state index contributed by atoms with van der Waals surface area (Å²) < 4.78 is 25.7. The summed E-state index contributed by atoms with van der Waals surface area (Å²) >= 11 is 5.39. The molecule has 1 fully saturated rings. The smallest absolute Gasteiger partial charge is 0.335 e. The number of halogens is 1. The molecule has 1 saturated heterocycles. The van der Waals surface area contributed by atoms with Crippen molar-refractivity contribution in [2.75, 3.05) is 25.1 Å². The van der Waals surface area contributed by atoms with Gasteiger partial charge < -0.3 is 30.2 Å². The molecule has 4 N–H and O–H groups in total. The number of aromatic nitrogens is 3. The number of carbonyl (C=O) groups is 1. The fraction of sp³-hybridized carbons (Fsp3) is 0.214. The van der Waals surface area contributed by atoms with E-state index in [0.29, 0.717) is 42.1 Å². The topological polar surface area (TPSA) is 121 Å². The minimum absolute atomic E-state index is 0.169. The highest BCUT2D eigenvalue weighted by Crippen LogP contribution is 2.35. The molecule has 0 unspecified atom stereocenters. The fourth-order valence-corrected chi connectivity index (χ4v) is 4.34. The van der Waals surface area contributed by atoms with Crippen LogP contribution in [0.25, 0.3) is 22.5 Å². The van der Waals surface area contributed by atoms with Gasteiger partial charge in [0.1, 0.15) is 5.82 Å². The number of carboxylic acids is 1. The molecule has 200 valence electrons. The van der Waals surface area contributed by atoms with Gasteiger partial charge in [0.15, 0.2) is 10.9 Å². The number of aromatic carboxylic acids is 1. The first-order valence-corrected chi connectivity index (χ1v) is 12.6. The molecule has 0 bridgehead atoms. The molecule has 0 saturated carbocycles. The highest BCUT2D eigenvalue weighted by molar-refractivity contribution is 7.80. The Labute approximate surface area is 229 Å². The van der Waals surface area contributed by atoms with Crippen LogP contribution in [0.2, 0.25) is 0 Å². The van der Waals surface area contributed by atoms with Crippen LogP contribution >= 0.6 is 12.2 Å². The summed E-state index contributed by atoms with van der Waals surface area (Å²) in [5.74, 6) is -0.827. The van der Waals surface area contributed by atoms with Crippen LogP contribution in [0.1, 0.15) is 29.4 Å². The lowest BCUT2D eigenvalue weighted by atomic mass is 9.92. The van der Waals surface area contributed by atoms with Crippen molar-refractivity contribution in [2.24, 2.45) is 5.41 Å². The summed E-state index contributed by atoms with van der Waals surface area (Å²) in [6.45, 7) is 3.22. The molecule has 1 aliphatic heterocycles. The van der Waals surface area contributed by atoms with Gasteiger partial charge in [-0.15, -0.1) is 0 Å². The third-order valence-corrected chi connectivity index (χ3v) is 6.49. The Bertz CT molecular complexity index is 1470. The van der Waals surface area contributed by atoms with Gasteiger partial charge in [-0.2, -0.15) is 0 Å². The highest BCUT2D eigenvalue weighted by Gasteiger charge is 2.35. The molecule has 0 spiro atoms. The summed E-state index contributed by atoms with van der Waals surface area (Å²) in [6.07, 6.45) is 2.67. The summed E-state index contributed by atoms with van der Waals surface area (Å²) in [5.41, 5.74) is 3.40. The second-order valence-electron chi connectivity index (χ2n) is 9.55. The maximum Gasteiger partial charge on any atom is 0.335 e. The lowest BCUT2D eigenvalue weighted by Gasteiger charge is -2.37. The SMILES string of the molecule is CC1(CNC(=S)Nc2cccc(C(=O)O)c2)COC(c2nc(-c3ccc(F)cc3)c(-c3ccncc3)[nH]2)OC1. The predicted molar refractivity (Wildman–Crippen MR) is 148 cm³/mol. The molecule has 0 radical (unpaired) electrons. The number of ether oxygens (including phenoxy) is 2. The van der Waals surface area contributed by atoms with E-state index in [2.05, 4.69) is 20.6 Å². The fourth-order valence-electron chi connectivity index (χ4n) is 4.15. The quantitative estimate of drug-likeness (QED) is 0.237. The summed E-state index contributed by atoms with van der Waals surface area (Å²) in [7, 11) is 0. The highest BCUT2D eigenvalue weighted by atomic mass is 32.1. The number of nitrogens with one attached hydrogen (secondary N) is 3. The molecule has 4 aromatic rings. The van der Waals surface area contributed by atoms with Crippen LogP contribution < -0.4 is 10.6 Å². The second kappa shape index (κ2) is 11.3. The van der Waals surface area contributed by atoms with Crippen LogP contribution in [0, 0.1) is 11.2 Å². The van der Waals surface area contributed by atoms with E-state index >= 15 is 0 Å². The van der Waals surface area contributed by atoms with Gasteiger partial charge in [0.25, 0.3) is 0 Å². The van der Waals surface area contributed by atoms with Crippen LogP contribution in [0.5, 0.6) is 0 Å². The molecule has 0 amide bonds. The van der Waals surface area contributed by atoms with Crippen molar-refractivity contribution >= 4 is 29.0 Å². The van der Waals surface area contributed by atoms with Crippen molar-refractivity contribution in [3.8, 4) is 22.5 Å². The summed E-state index contributed by atoms with van der Waals surface area (Å²) in [4.78, 5) is 23.4. The number of anilines is 1. The Hall–Kier alpha value is -4.19. The number of hydrogen-bond donors (Lipinski definition) is 4. The number of pyridine rings is 1. The van der Waals surface area contributed by atoms with Gasteiger partial charge in [0, 0.05) is 41.2 Å². The second-order valence-corrected chi connectivity index (χ2v) is 9.95. The lowest BCUT2D eigenvalue weighted by molar-refractivity contribution is -0.231. The van der Waals surface area contributed by atoms with Crippen LogP contribution in [0.3, 0.4) is 0 Å². The molecule has 3 heterocycles. The molecule has 2 aromatic carbocycles. The van der Waals surface area contributed by atoms with Gasteiger partial charge in [0.05, 0.1) is 30.2 Å². The number of hydrogen-bond acceptors (Lipinski definition) is 6. The van der Waals surface area contributed by atoms with Gasteiger partial charge in [-0.25, -0.2) is 14.2 Å². The molecule has 0 aliphatic carbocycles. The maximum absolute atomic E-state index is 13.5. The third kappa shape index (κ3) is 6.28. The number of H-pyrrole nitrogens is 1. The van der Waals surface area contributed by atoms with Crippen molar-refractivity contribution in [3.63, 3.8) is 0 Å². The lowest BCUT2D eigenvalue weighted by Crippen LogP contribution is -2.46. The average Bonchev–Trinajstić information content (AvgIpc) is 3.39. The molecule has 11 heteroatoms. The average molecular weight is 548 g/mol. The molecule has 5 rings (SSSR count). The van der Waals surface area contributed by atoms with Crippen LogP contribution in [-0.2, 0) is 9.47 Å². The largest absolute Gasteiger partial charge is 0.478 e. The molecule has 2 aromatic heterocycles. The Morgan fingerprint density at radius 3 is 2.54 bits per heavy atom. The van der Waals surface area contributed by atoms with E-state index in [1.807, 2.05) is 19.1 Å². The third-order valence-electron chi connectivity index (χ3n) is 6.24. The zero-order valence-electron chi connectivity index (χ0n) is 21.0. The number of thiocarbonyl (C=S) groups is 1. The number of aromatic amines is 1. The van der Waals surface area contributed by atoms with Crippen molar-refractivity contribution in [1.82, 2.24) is 20.3 Å². The number of imidazole rings is 1. The van der Waals surface area contributed by atoms with Crippen molar-refractivity contribution in [1.29, 1.82) is 0 Å². The first-order chi connectivity index (χ1) is 18.8. The van der Waals surface area contributed by atoms with Gasteiger partial charge in [-0.05, 0) is 66.8 Å².